The van der Waals surface area contributed by atoms with Crippen LogP contribution in [-0.4, -0.2) is 11.7 Å². The molecule has 82 valence electrons. The van der Waals surface area contributed by atoms with Crippen molar-refractivity contribution in [3.05, 3.63) is 42.0 Å². The SMILES string of the molecule is C=C(C)C(O)c1cccc(OC(F)F)c1. The van der Waals surface area contributed by atoms with Gasteiger partial charge < -0.3 is 9.84 Å². The number of benzene rings is 1. The Balaban J connectivity index is 2.87. The van der Waals surface area contributed by atoms with Gasteiger partial charge in [-0.05, 0) is 30.2 Å². The Morgan fingerprint density at radius 2 is 2.13 bits per heavy atom. The predicted octanol–water partition coefficient (Wildman–Crippen LogP) is 2.90. The number of aliphatic hydroxyl groups excluding tert-OH is 1. The van der Waals surface area contributed by atoms with E-state index in [0.29, 0.717) is 11.1 Å². The summed E-state index contributed by atoms with van der Waals surface area (Å²) in [6.07, 6.45) is -0.855. The summed E-state index contributed by atoms with van der Waals surface area (Å²) in [5.74, 6) is 0.0304. The Hall–Kier alpha value is -1.42. The van der Waals surface area contributed by atoms with Crippen LogP contribution in [0.4, 0.5) is 8.78 Å². The lowest BCUT2D eigenvalue weighted by molar-refractivity contribution is -0.0499. The first-order valence-corrected chi connectivity index (χ1v) is 4.39. The average molecular weight is 214 g/mol. The van der Waals surface area contributed by atoms with Crippen molar-refractivity contribution < 1.29 is 18.6 Å². The van der Waals surface area contributed by atoms with Gasteiger partial charge in [-0.3, -0.25) is 0 Å². The van der Waals surface area contributed by atoms with Crippen LogP contribution in [0.2, 0.25) is 0 Å². The van der Waals surface area contributed by atoms with Crippen molar-refractivity contribution in [3.63, 3.8) is 0 Å². The number of rotatable bonds is 4. The van der Waals surface area contributed by atoms with Crippen LogP contribution in [0.1, 0.15) is 18.6 Å². The third kappa shape index (κ3) is 3.32. The molecule has 0 spiro atoms. The van der Waals surface area contributed by atoms with Crippen LogP contribution in [-0.2, 0) is 0 Å². The minimum atomic E-state index is -2.86. The Kier molecular flexibility index (Phi) is 3.80. The van der Waals surface area contributed by atoms with E-state index in [2.05, 4.69) is 11.3 Å². The summed E-state index contributed by atoms with van der Waals surface area (Å²) in [6.45, 7) is 2.38. The van der Waals surface area contributed by atoms with E-state index in [0.717, 1.165) is 0 Å². The minimum absolute atomic E-state index is 0.0304. The summed E-state index contributed by atoms with van der Waals surface area (Å²) in [6, 6.07) is 5.93. The molecule has 4 heteroatoms. The lowest BCUT2D eigenvalue weighted by Gasteiger charge is -2.12. The van der Waals surface area contributed by atoms with E-state index in [-0.39, 0.29) is 5.75 Å². The minimum Gasteiger partial charge on any atom is -0.435 e. The highest BCUT2D eigenvalue weighted by molar-refractivity contribution is 5.32. The molecule has 1 unspecified atom stereocenters. The zero-order chi connectivity index (χ0) is 11.4. The van der Waals surface area contributed by atoms with Gasteiger partial charge in [0.2, 0.25) is 0 Å². The maximum Gasteiger partial charge on any atom is 0.387 e. The first kappa shape index (κ1) is 11.7. The van der Waals surface area contributed by atoms with E-state index >= 15 is 0 Å². The third-order valence-electron chi connectivity index (χ3n) is 1.87. The predicted molar refractivity (Wildman–Crippen MR) is 52.8 cm³/mol. The molecule has 1 aromatic rings. The highest BCUT2D eigenvalue weighted by Crippen LogP contribution is 2.24. The topological polar surface area (TPSA) is 29.5 Å². The second-order valence-corrected chi connectivity index (χ2v) is 3.20. The molecule has 0 fully saturated rings. The van der Waals surface area contributed by atoms with Crippen LogP contribution >= 0.6 is 0 Å². The number of aliphatic hydroxyl groups is 1. The summed E-state index contributed by atoms with van der Waals surface area (Å²) in [7, 11) is 0. The molecule has 0 aromatic heterocycles. The molecule has 2 nitrogen and oxygen atoms in total. The first-order chi connectivity index (χ1) is 7.00. The second kappa shape index (κ2) is 4.89. The molecule has 0 amide bonds. The van der Waals surface area contributed by atoms with Gasteiger partial charge in [-0.2, -0.15) is 8.78 Å². The molecule has 15 heavy (non-hydrogen) atoms. The fourth-order valence-electron chi connectivity index (χ4n) is 1.15. The third-order valence-corrected chi connectivity index (χ3v) is 1.87. The van der Waals surface area contributed by atoms with E-state index in [9.17, 15) is 13.9 Å². The van der Waals surface area contributed by atoms with Crippen molar-refractivity contribution >= 4 is 0 Å². The zero-order valence-corrected chi connectivity index (χ0v) is 8.28. The highest BCUT2D eigenvalue weighted by Gasteiger charge is 2.10. The van der Waals surface area contributed by atoms with Crippen LogP contribution in [0.3, 0.4) is 0 Å². The second-order valence-electron chi connectivity index (χ2n) is 3.20. The Bertz CT molecular complexity index is 350. The van der Waals surface area contributed by atoms with Gasteiger partial charge >= 0.3 is 6.61 Å². The van der Waals surface area contributed by atoms with Gasteiger partial charge in [0, 0.05) is 0 Å². The summed E-state index contributed by atoms with van der Waals surface area (Å²) in [5.41, 5.74) is 1.03. The highest BCUT2D eigenvalue weighted by atomic mass is 19.3. The van der Waals surface area contributed by atoms with Crippen molar-refractivity contribution in [1.29, 1.82) is 0 Å². The van der Waals surface area contributed by atoms with E-state index in [1.165, 1.54) is 12.1 Å². The van der Waals surface area contributed by atoms with Crippen molar-refractivity contribution in [2.45, 2.75) is 19.6 Å². The van der Waals surface area contributed by atoms with E-state index in [1.54, 1.807) is 19.1 Å². The summed E-state index contributed by atoms with van der Waals surface area (Å²) < 4.78 is 28.0. The number of ether oxygens (including phenoxy) is 1. The monoisotopic (exact) mass is 214 g/mol. The lowest BCUT2D eigenvalue weighted by Crippen LogP contribution is -2.03. The molecule has 0 radical (unpaired) electrons. The summed E-state index contributed by atoms with van der Waals surface area (Å²) >= 11 is 0. The molecule has 0 aliphatic rings. The molecule has 0 saturated carbocycles. The van der Waals surface area contributed by atoms with Crippen molar-refractivity contribution in [1.82, 2.24) is 0 Å². The summed E-state index contributed by atoms with van der Waals surface area (Å²) in [4.78, 5) is 0. The van der Waals surface area contributed by atoms with Crippen LogP contribution in [0.15, 0.2) is 36.4 Å². The Morgan fingerprint density at radius 3 is 2.67 bits per heavy atom. The number of hydrogen-bond acceptors (Lipinski definition) is 2. The van der Waals surface area contributed by atoms with Gasteiger partial charge in [0.1, 0.15) is 5.75 Å². The van der Waals surface area contributed by atoms with Crippen molar-refractivity contribution in [2.24, 2.45) is 0 Å². The fraction of sp³-hybridized carbons (Fsp3) is 0.273. The van der Waals surface area contributed by atoms with Gasteiger partial charge in [-0.25, -0.2) is 0 Å². The molecular weight excluding hydrogens is 202 g/mol. The molecule has 0 heterocycles. The van der Waals surface area contributed by atoms with Crippen molar-refractivity contribution in [3.8, 4) is 5.75 Å². The molecule has 1 rings (SSSR count). The average Bonchev–Trinajstić information content (AvgIpc) is 2.16. The maximum atomic E-state index is 11.9. The van der Waals surface area contributed by atoms with Gasteiger partial charge in [-0.15, -0.1) is 0 Å². The van der Waals surface area contributed by atoms with E-state index < -0.39 is 12.7 Å². The Morgan fingerprint density at radius 1 is 1.47 bits per heavy atom. The lowest BCUT2D eigenvalue weighted by atomic mass is 10.0. The number of hydrogen-bond donors (Lipinski definition) is 1. The van der Waals surface area contributed by atoms with Gasteiger partial charge in [0.25, 0.3) is 0 Å². The van der Waals surface area contributed by atoms with E-state index in [1.807, 2.05) is 0 Å². The number of halogens is 2. The zero-order valence-electron chi connectivity index (χ0n) is 8.28. The normalized spacial score (nSPS) is 12.6. The van der Waals surface area contributed by atoms with Crippen LogP contribution in [0.5, 0.6) is 5.75 Å². The van der Waals surface area contributed by atoms with Crippen molar-refractivity contribution in [2.75, 3.05) is 0 Å². The van der Waals surface area contributed by atoms with Crippen LogP contribution in [0.25, 0.3) is 0 Å². The van der Waals surface area contributed by atoms with Crippen LogP contribution in [0, 0.1) is 0 Å². The molecule has 0 aliphatic heterocycles. The molecular formula is C11H12F2O2. The van der Waals surface area contributed by atoms with Gasteiger partial charge in [0.15, 0.2) is 0 Å². The molecule has 1 atom stereocenters. The van der Waals surface area contributed by atoms with Gasteiger partial charge in [0.05, 0.1) is 6.10 Å². The van der Waals surface area contributed by atoms with E-state index in [4.69, 9.17) is 0 Å². The molecule has 0 aliphatic carbocycles. The Labute approximate surface area is 86.8 Å². The standard InChI is InChI=1S/C11H12F2O2/c1-7(2)10(14)8-4-3-5-9(6-8)15-11(12)13/h3-6,10-11,14H,1H2,2H3. The quantitative estimate of drug-likeness (QED) is 0.781. The molecule has 1 aromatic carbocycles. The fourth-order valence-corrected chi connectivity index (χ4v) is 1.15. The number of alkyl halides is 2. The smallest absolute Gasteiger partial charge is 0.387 e. The van der Waals surface area contributed by atoms with Gasteiger partial charge in [-0.1, -0.05) is 18.7 Å². The van der Waals surface area contributed by atoms with Crippen LogP contribution < -0.4 is 4.74 Å². The largest absolute Gasteiger partial charge is 0.435 e. The molecule has 0 bridgehead atoms. The summed E-state index contributed by atoms with van der Waals surface area (Å²) in [5, 5.41) is 9.61. The maximum absolute atomic E-state index is 11.9. The molecule has 1 N–H and O–H groups in total. The molecule has 0 saturated heterocycles. The first-order valence-electron chi connectivity index (χ1n) is 4.39.